The molecule has 0 aromatic carbocycles. The number of hydrogen-bond donors (Lipinski definition) is 3. The van der Waals surface area contributed by atoms with Crippen molar-refractivity contribution < 1.29 is 15.0 Å². The Morgan fingerprint density at radius 1 is 0.397 bits per heavy atom. The van der Waals surface area contributed by atoms with Gasteiger partial charge in [0, 0.05) is 6.42 Å². The lowest BCUT2D eigenvalue weighted by Crippen LogP contribution is -2.45. The number of unbranched alkanes of at least 4 members (excludes halogenated alkanes) is 37. The van der Waals surface area contributed by atoms with E-state index in [9.17, 15) is 15.0 Å². The van der Waals surface area contributed by atoms with Crippen molar-refractivity contribution in [3.05, 3.63) is 36.5 Å². The summed E-state index contributed by atoms with van der Waals surface area (Å²) in [5, 5.41) is 23.1. The predicted molar refractivity (Wildman–Crippen MR) is 258 cm³/mol. The van der Waals surface area contributed by atoms with Gasteiger partial charge in [-0.2, -0.15) is 0 Å². The zero-order valence-electron chi connectivity index (χ0n) is 39.3. The molecule has 2 unspecified atom stereocenters. The molecule has 3 N–H and O–H groups in total. The Bertz CT molecular complexity index is 882. The molecule has 0 radical (unpaired) electrons. The molecule has 4 heteroatoms. The van der Waals surface area contributed by atoms with Crippen LogP contribution in [0, 0.1) is 0 Å². The van der Waals surface area contributed by atoms with Crippen LogP contribution in [-0.4, -0.2) is 34.9 Å². The molecule has 0 aliphatic carbocycles. The first-order valence-corrected chi connectivity index (χ1v) is 26.2. The number of nitrogens with one attached hydrogen (secondary N) is 1. The number of amides is 1. The summed E-state index contributed by atoms with van der Waals surface area (Å²) in [6.45, 7) is 4.32. The van der Waals surface area contributed by atoms with Crippen LogP contribution in [0.4, 0.5) is 0 Å². The monoisotopic (exact) mass is 814 g/mol. The summed E-state index contributed by atoms with van der Waals surface area (Å²) < 4.78 is 0. The van der Waals surface area contributed by atoms with E-state index in [0.29, 0.717) is 6.42 Å². The molecule has 58 heavy (non-hydrogen) atoms. The normalized spacial score (nSPS) is 13.1. The fourth-order valence-corrected chi connectivity index (χ4v) is 8.07. The van der Waals surface area contributed by atoms with Crippen LogP contribution < -0.4 is 5.32 Å². The van der Waals surface area contributed by atoms with Gasteiger partial charge in [-0.3, -0.25) is 4.79 Å². The van der Waals surface area contributed by atoms with Crippen LogP contribution in [0.2, 0.25) is 0 Å². The first-order chi connectivity index (χ1) is 28.7. The summed E-state index contributed by atoms with van der Waals surface area (Å²) in [6, 6.07) is -0.638. The quantitative estimate of drug-likeness (QED) is 0.0423. The average Bonchev–Trinajstić information content (AvgIpc) is 3.23. The van der Waals surface area contributed by atoms with E-state index in [1.165, 1.54) is 231 Å². The van der Waals surface area contributed by atoms with Crippen molar-refractivity contribution in [2.45, 2.75) is 296 Å². The van der Waals surface area contributed by atoms with E-state index >= 15 is 0 Å². The lowest BCUT2D eigenvalue weighted by molar-refractivity contribution is -0.123. The average molecular weight is 814 g/mol. The minimum absolute atomic E-state index is 0.0706. The number of rotatable bonds is 48. The summed E-state index contributed by atoms with van der Waals surface area (Å²) >= 11 is 0. The molecular weight excluding hydrogens is 711 g/mol. The second kappa shape index (κ2) is 50.0. The highest BCUT2D eigenvalue weighted by molar-refractivity contribution is 5.76. The summed E-state index contributed by atoms with van der Waals surface area (Å²) in [6.07, 6.45) is 67.2. The molecule has 0 heterocycles. The van der Waals surface area contributed by atoms with E-state index in [4.69, 9.17) is 0 Å². The molecular formula is C54H103NO3. The number of carbonyl (C=O) groups is 1. The molecule has 0 bridgehead atoms. The van der Waals surface area contributed by atoms with Crippen LogP contribution in [-0.2, 0) is 4.79 Å². The molecule has 0 aromatic rings. The van der Waals surface area contributed by atoms with Gasteiger partial charge in [0.25, 0.3) is 0 Å². The van der Waals surface area contributed by atoms with Gasteiger partial charge in [-0.1, -0.05) is 256 Å². The summed E-state index contributed by atoms with van der Waals surface area (Å²) in [4.78, 5) is 12.4. The van der Waals surface area contributed by atoms with E-state index in [1.54, 1.807) is 6.08 Å². The maximum absolute atomic E-state index is 12.4. The fraction of sp³-hybridized carbons (Fsp3) is 0.870. The first kappa shape index (κ1) is 56.6. The van der Waals surface area contributed by atoms with Crippen LogP contribution in [0.3, 0.4) is 0 Å². The van der Waals surface area contributed by atoms with Gasteiger partial charge in [0.2, 0.25) is 5.91 Å². The van der Waals surface area contributed by atoms with Crippen molar-refractivity contribution in [3.63, 3.8) is 0 Å². The number of carbonyl (C=O) groups excluding carboxylic acids is 1. The lowest BCUT2D eigenvalue weighted by atomic mass is 10.0. The molecule has 0 saturated heterocycles. The summed E-state index contributed by atoms with van der Waals surface area (Å²) in [7, 11) is 0. The predicted octanol–water partition coefficient (Wildman–Crippen LogP) is 16.9. The summed E-state index contributed by atoms with van der Waals surface area (Å²) in [5.74, 6) is -0.0706. The second-order valence-corrected chi connectivity index (χ2v) is 17.9. The van der Waals surface area contributed by atoms with Crippen molar-refractivity contribution in [2.75, 3.05) is 6.61 Å². The van der Waals surface area contributed by atoms with Crippen LogP contribution in [0.5, 0.6) is 0 Å². The molecule has 0 aliphatic rings. The molecule has 0 spiro atoms. The van der Waals surface area contributed by atoms with E-state index in [2.05, 4.69) is 43.5 Å². The van der Waals surface area contributed by atoms with Crippen LogP contribution >= 0.6 is 0 Å². The zero-order valence-corrected chi connectivity index (χ0v) is 39.3. The zero-order chi connectivity index (χ0) is 42.1. The third-order valence-electron chi connectivity index (χ3n) is 12.1. The minimum Gasteiger partial charge on any atom is -0.394 e. The van der Waals surface area contributed by atoms with E-state index in [-0.39, 0.29) is 12.5 Å². The number of allylic oxidation sites excluding steroid dienone is 5. The maximum atomic E-state index is 12.4. The van der Waals surface area contributed by atoms with Crippen LogP contribution in [0.1, 0.15) is 284 Å². The molecule has 342 valence electrons. The van der Waals surface area contributed by atoms with Crippen molar-refractivity contribution in [1.82, 2.24) is 5.32 Å². The van der Waals surface area contributed by atoms with Crippen LogP contribution in [0.25, 0.3) is 0 Å². The van der Waals surface area contributed by atoms with Crippen molar-refractivity contribution in [2.24, 2.45) is 0 Å². The van der Waals surface area contributed by atoms with Crippen molar-refractivity contribution in [1.29, 1.82) is 0 Å². The van der Waals surface area contributed by atoms with Gasteiger partial charge in [-0.05, 0) is 57.8 Å². The second-order valence-electron chi connectivity index (χ2n) is 17.9. The molecule has 0 fully saturated rings. The standard InChI is InChI=1S/C54H103NO3/c1-3-5-7-9-11-13-15-17-19-21-23-25-26-27-28-30-32-34-36-38-40-42-44-46-48-50-54(58)55-52(51-56)53(57)49-47-45-43-41-39-37-35-33-31-29-24-22-20-18-16-14-12-10-8-6-4-2/h21,23,39,41,47,49,52-53,56-57H,3-20,22,24-38,40,42-46,48,50-51H2,1-2H3,(H,55,58)/b23-21-,41-39+,49-47+. The highest BCUT2D eigenvalue weighted by Gasteiger charge is 2.17. The fourth-order valence-electron chi connectivity index (χ4n) is 8.07. The Labute approximate surface area is 363 Å². The van der Waals surface area contributed by atoms with Crippen LogP contribution in [0.15, 0.2) is 36.5 Å². The minimum atomic E-state index is -0.861. The van der Waals surface area contributed by atoms with Gasteiger partial charge in [-0.25, -0.2) is 0 Å². The number of hydrogen-bond acceptors (Lipinski definition) is 3. The highest BCUT2D eigenvalue weighted by atomic mass is 16.3. The Morgan fingerprint density at radius 3 is 1.00 bits per heavy atom. The highest BCUT2D eigenvalue weighted by Crippen LogP contribution is 2.16. The Balaban J connectivity index is 3.53. The van der Waals surface area contributed by atoms with E-state index in [0.717, 1.165) is 32.1 Å². The summed E-state index contributed by atoms with van der Waals surface area (Å²) in [5.41, 5.74) is 0. The Hall–Kier alpha value is -1.39. The van der Waals surface area contributed by atoms with E-state index < -0.39 is 12.1 Å². The third kappa shape index (κ3) is 45.7. The van der Waals surface area contributed by atoms with Gasteiger partial charge in [0.05, 0.1) is 18.8 Å². The smallest absolute Gasteiger partial charge is 0.220 e. The lowest BCUT2D eigenvalue weighted by Gasteiger charge is -2.19. The largest absolute Gasteiger partial charge is 0.394 e. The molecule has 2 atom stereocenters. The van der Waals surface area contributed by atoms with Gasteiger partial charge in [0.15, 0.2) is 0 Å². The SMILES string of the molecule is CCCCCCCCCC/C=C\CCCCCCCCCCCCCCCC(=O)NC(CO)C(O)/C=C/CC/C=C/CCCCCCCCCCCCCCCCC. The third-order valence-corrected chi connectivity index (χ3v) is 12.1. The van der Waals surface area contributed by atoms with Crippen molar-refractivity contribution >= 4 is 5.91 Å². The maximum Gasteiger partial charge on any atom is 0.220 e. The first-order valence-electron chi connectivity index (χ1n) is 26.2. The molecule has 0 saturated carbocycles. The Kier molecular flexibility index (Phi) is 48.8. The number of aliphatic hydroxyl groups excluding tert-OH is 2. The topological polar surface area (TPSA) is 69.6 Å². The molecule has 4 nitrogen and oxygen atoms in total. The molecule has 0 aliphatic heterocycles. The van der Waals surface area contributed by atoms with Gasteiger partial charge < -0.3 is 15.5 Å². The van der Waals surface area contributed by atoms with Gasteiger partial charge >= 0.3 is 0 Å². The Morgan fingerprint density at radius 2 is 0.672 bits per heavy atom. The van der Waals surface area contributed by atoms with Gasteiger partial charge in [0.1, 0.15) is 0 Å². The molecule has 0 rings (SSSR count). The van der Waals surface area contributed by atoms with Crippen molar-refractivity contribution in [3.8, 4) is 0 Å². The molecule has 0 aromatic heterocycles. The van der Waals surface area contributed by atoms with E-state index in [1.807, 2.05) is 6.08 Å². The van der Waals surface area contributed by atoms with Gasteiger partial charge in [-0.15, -0.1) is 0 Å². The number of aliphatic hydroxyl groups is 2. The molecule has 1 amide bonds.